The van der Waals surface area contributed by atoms with Crippen LogP contribution in [0.3, 0.4) is 0 Å². The van der Waals surface area contributed by atoms with E-state index in [-0.39, 0.29) is 0 Å². The third-order valence-corrected chi connectivity index (χ3v) is 3.31. The number of thiazole rings is 1. The number of benzene rings is 1. The molecule has 3 rings (SSSR count). The summed E-state index contributed by atoms with van der Waals surface area (Å²) in [5.74, 6) is 0. The summed E-state index contributed by atoms with van der Waals surface area (Å²) in [6.45, 7) is 0.764. The zero-order chi connectivity index (χ0) is 12.4. The summed E-state index contributed by atoms with van der Waals surface area (Å²) in [6, 6.07) is 10.2. The van der Waals surface area contributed by atoms with E-state index in [1.165, 1.54) is 16.9 Å². The molecule has 3 aromatic rings. The lowest BCUT2D eigenvalue weighted by atomic mass is 10.2. The summed E-state index contributed by atoms with van der Waals surface area (Å²) >= 11 is 1.44. The van der Waals surface area contributed by atoms with Crippen molar-refractivity contribution >= 4 is 16.5 Å². The molecular weight excluding hydrogens is 244 g/mol. The Kier molecular flexibility index (Phi) is 2.82. The second kappa shape index (κ2) is 4.62. The van der Waals surface area contributed by atoms with Crippen molar-refractivity contribution in [3.8, 4) is 11.3 Å². The van der Waals surface area contributed by atoms with Gasteiger partial charge in [-0.3, -0.25) is 4.68 Å². The first-order chi connectivity index (χ1) is 8.81. The number of hydrogen-bond donors (Lipinski definition) is 1. The second-order valence-electron chi connectivity index (χ2n) is 3.98. The Bertz CT molecular complexity index is 642. The van der Waals surface area contributed by atoms with E-state index in [1.807, 2.05) is 40.7 Å². The molecule has 0 unspecified atom stereocenters. The number of nitrogens with zero attached hydrogens (tertiary/aromatic N) is 3. The molecule has 1 aromatic carbocycles. The Morgan fingerprint density at radius 2 is 2.06 bits per heavy atom. The first-order valence-electron chi connectivity index (χ1n) is 5.59. The Balaban J connectivity index is 1.82. The average molecular weight is 256 g/mol. The molecule has 18 heavy (non-hydrogen) atoms. The van der Waals surface area contributed by atoms with Crippen LogP contribution in [0.2, 0.25) is 0 Å². The predicted octanol–water partition coefficient (Wildman–Crippen LogP) is 2.64. The lowest BCUT2D eigenvalue weighted by molar-refractivity contribution is 0.687. The molecule has 2 heterocycles. The molecule has 0 bridgehead atoms. The molecule has 2 aromatic heterocycles. The first kappa shape index (κ1) is 11.0. The Hall–Kier alpha value is -2.14. The molecule has 0 aliphatic rings. The van der Waals surface area contributed by atoms with Crippen LogP contribution in [0, 0.1) is 0 Å². The molecule has 2 N–H and O–H groups in total. The van der Waals surface area contributed by atoms with E-state index in [0.717, 1.165) is 17.8 Å². The number of hydrogen-bond acceptors (Lipinski definition) is 4. The van der Waals surface area contributed by atoms with Gasteiger partial charge in [-0.15, -0.1) is 11.3 Å². The highest BCUT2D eigenvalue weighted by Crippen LogP contribution is 2.22. The highest BCUT2D eigenvalue weighted by Gasteiger charge is 2.05. The van der Waals surface area contributed by atoms with Crippen molar-refractivity contribution in [2.45, 2.75) is 6.54 Å². The van der Waals surface area contributed by atoms with Crippen molar-refractivity contribution in [2.24, 2.45) is 0 Å². The summed E-state index contributed by atoms with van der Waals surface area (Å²) in [6.07, 6.45) is 3.80. The van der Waals surface area contributed by atoms with Crippen LogP contribution in [-0.2, 0) is 6.54 Å². The van der Waals surface area contributed by atoms with Crippen LogP contribution in [0.25, 0.3) is 11.3 Å². The van der Waals surface area contributed by atoms with E-state index in [1.54, 1.807) is 0 Å². The molecule has 5 heteroatoms. The summed E-state index contributed by atoms with van der Waals surface area (Å²) in [5, 5.41) is 6.87. The maximum Gasteiger partial charge on any atom is 0.180 e. The van der Waals surface area contributed by atoms with E-state index < -0.39 is 0 Å². The fourth-order valence-corrected chi connectivity index (χ4v) is 2.35. The number of nitrogens with two attached hydrogens (primary N) is 1. The summed E-state index contributed by atoms with van der Waals surface area (Å²) in [5.41, 5.74) is 8.74. The Morgan fingerprint density at radius 1 is 1.22 bits per heavy atom. The van der Waals surface area contributed by atoms with Crippen molar-refractivity contribution in [1.82, 2.24) is 14.8 Å². The van der Waals surface area contributed by atoms with Crippen molar-refractivity contribution < 1.29 is 0 Å². The van der Waals surface area contributed by atoms with Gasteiger partial charge in [0.05, 0.1) is 18.4 Å². The predicted molar refractivity (Wildman–Crippen MR) is 73.3 cm³/mol. The topological polar surface area (TPSA) is 56.7 Å². The normalized spacial score (nSPS) is 10.7. The van der Waals surface area contributed by atoms with Crippen LogP contribution in [0.1, 0.15) is 5.56 Å². The Labute approximate surface area is 109 Å². The van der Waals surface area contributed by atoms with Crippen molar-refractivity contribution in [2.75, 3.05) is 5.73 Å². The maximum absolute atomic E-state index is 5.63. The smallest absolute Gasteiger partial charge is 0.180 e. The number of rotatable bonds is 3. The van der Waals surface area contributed by atoms with E-state index in [9.17, 15) is 0 Å². The minimum atomic E-state index is 0.584. The van der Waals surface area contributed by atoms with E-state index in [0.29, 0.717) is 5.13 Å². The van der Waals surface area contributed by atoms with Gasteiger partial charge >= 0.3 is 0 Å². The molecular formula is C13H12N4S. The molecule has 4 nitrogen and oxygen atoms in total. The largest absolute Gasteiger partial charge is 0.375 e. The summed E-state index contributed by atoms with van der Waals surface area (Å²) in [7, 11) is 0. The van der Waals surface area contributed by atoms with Crippen molar-refractivity contribution in [3.05, 3.63) is 53.7 Å². The van der Waals surface area contributed by atoms with Gasteiger partial charge < -0.3 is 5.73 Å². The number of aromatic nitrogens is 3. The van der Waals surface area contributed by atoms with Gasteiger partial charge in [0.1, 0.15) is 0 Å². The van der Waals surface area contributed by atoms with Crippen molar-refractivity contribution in [3.63, 3.8) is 0 Å². The van der Waals surface area contributed by atoms with E-state index >= 15 is 0 Å². The SMILES string of the molecule is Nc1nc(-c2cnn(Cc3ccccc3)c2)cs1. The second-order valence-corrected chi connectivity index (χ2v) is 4.87. The molecule has 0 amide bonds. The zero-order valence-corrected chi connectivity index (χ0v) is 10.5. The molecule has 0 atom stereocenters. The van der Waals surface area contributed by atoms with E-state index in [2.05, 4.69) is 22.2 Å². The average Bonchev–Trinajstić information content (AvgIpc) is 2.99. The maximum atomic E-state index is 5.63. The van der Waals surface area contributed by atoms with Crippen LogP contribution >= 0.6 is 11.3 Å². The fourth-order valence-electron chi connectivity index (χ4n) is 1.77. The molecule has 0 aliphatic heterocycles. The molecule has 0 spiro atoms. The van der Waals surface area contributed by atoms with Gasteiger partial charge in [-0.25, -0.2) is 4.98 Å². The van der Waals surface area contributed by atoms with Gasteiger partial charge in [0, 0.05) is 17.1 Å². The van der Waals surface area contributed by atoms with Gasteiger partial charge in [-0.2, -0.15) is 5.10 Å². The minimum absolute atomic E-state index is 0.584. The van der Waals surface area contributed by atoms with Crippen LogP contribution in [0.15, 0.2) is 48.1 Å². The third-order valence-electron chi connectivity index (χ3n) is 2.64. The highest BCUT2D eigenvalue weighted by atomic mass is 32.1. The molecule has 90 valence electrons. The molecule has 0 aliphatic carbocycles. The molecule has 0 fully saturated rings. The summed E-state index contributed by atoms with van der Waals surface area (Å²) in [4.78, 5) is 4.24. The minimum Gasteiger partial charge on any atom is -0.375 e. The van der Waals surface area contributed by atoms with Crippen LogP contribution < -0.4 is 5.73 Å². The summed E-state index contributed by atoms with van der Waals surface area (Å²) < 4.78 is 1.90. The number of anilines is 1. The number of nitrogen functional groups attached to an aromatic ring is 1. The van der Waals surface area contributed by atoms with Gasteiger partial charge in [0.25, 0.3) is 0 Å². The third kappa shape index (κ3) is 2.26. The zero-order valence-electron chi connectivity index (χ0n) is 9.65. The van der Waals surface area contributed by atoms with Crippen LogP contribution in [0.4, 0.5) is 5.13 Å². The molecule has 0 saturated carbocycles. The van der Waals surface area contributed by atoms with Gasteiger partial charge in [0.15, 0.2) is 5.13 Å². The van der Waals surface area contributed by atoms with Crippen molar-refractivity contribution in [1.29, 1.82) is 0 Å². The van der Waals surface area contributed by atoms with Crippen LogP contribution in [0.5, 0.6) is 0 Å². The lowest BCUT2D eigenvalue weighted by Crippen LogP contribution is -1.99. The first-order valence-corrected chi connectivity index (χ1v) is 6.47. The standard InChI is InChI=1S/C13H12N4S/c14-13-16-12(9-18-13)11-6-15-17(8-11)7-10-4-2-1-3-5-10/h1-6,8-9H,7H2,(H2,14,16). The van der Waals surface area contributed by atoms with E-state index in [4.69, 9.17) is 5.73 Å². The van der Waals surface area contributed by atoms with Crippen LogP contribution in [-0.4, -0.2) is 14.8 Å². The Morgan fingerprint density at radius 3 is 2.78 bits per heavy atom. The van der Waals surface area contributed by atoms with Gasteiger partial charge in [0.2, 0.25) is 0 Å². The lowest BCUT2D eigenvalue weighted by Gasteiger charge is -2.00. The molecule has 0 saturated heterocycles. The van der Waals surface area contributed by atoms with Gasteiger partial charge in [-0.05, 0) is 5.56 Å². The highest BCUT2D eigenvalue weighted by molar-refractivity contribution is 7.13. The molecule has 0 radical (unpaired) electrons. The van der Waals surface area contributed by atoms with Gasteiger partial charge in [-0.1, -0.05) is 30.3 Å². The quantitative estimate of drug-likeness (QED) is 0.783. The monoisotopic (exact) mass is 256 g/mol. The fraction of sp³-hybridized carbons (Fsp3) is 0.0769.